The van der Waals surface area contributed by atoms with Crippen LogP contribution < -0.4 is 0 Å². The maximum atomic E-state index is 13.0. The Hall–Kier alpha value is -2.02. The van der Waals surface area contributed by atoms with Crippen molar-refractivity contribution in [2.75, 3.05) is 13.6 Å². The van der Waals surface area contributed by atoms with Crippen LogP contribution in [0.25, 0.3) is 10.9 Å². The van der Waals surface area contributed by atoms with Crippen molar-refractivity contribution in [3.8, 4) is 0 Å². The van der Waals surface area contributed by atoms with Gasteiger partial charge in [-0.2, -0.15) is 13.2 Å². The lowest BCUT2D eigenvalue weighted by molar-refractivity contribution is -0.138. The number of fused-ring (bicyclic) bond motifs is 3. The molecule has 0 unspecified atom stereocenters. The molecule has 0 spiro atoms. The van der Waals surface area contributed by atoms with E-state index >= 15 is 0 Å². The van der Waals surface area contributed by atoms with E-state index in [0.29, 0.717) is 23.9 Å². The molecule has 3 rings (SSSR count). The van der Waals surface area contributed by atoms with Crippen molar-refractivity contribution in [1.82, 2.24) is 9.47 Å². The molecule has 1 N–H and O–H groups in total. The predicted octanol–water partition coefficient (Wildman–Crippen LogP) is 3.12. The molecule has 0 fully saturated rings. The molecule has 0 atom stereocenters. The largest absolute Gasteiger partial charge is 0.481 e. The van der Waals surface area contributed by atoms with Gasteiger partial charge in [0.1, 0.15) is 0 Å². The van der Waals surface area contributed by atoms with Crippen LogP contribution in [0.4, 0.5) is 13.2 Å². The highest BCUT2D eigenvalue weighted by molar-refractivity contribution is 5.87. The molecule has 0 amide bonds. The molecule has 0 aliphatic carbocycles. The third kappa shape index (κ3) is 2.93. The number of nitrogens with zero attached hydrogens (tertiary/aromatic N) is 2. The summed E-state index contributed by atoms with van der Waals surface area (Å²) in [4.78, 5) is 12.9. The topological polar surface area (TPSA) is 45.5 Å². The Morgan fingerprint density at radius 1 is 1.35 bits per heavy atom. The number of carboxylic acid groups (broad SMARTS) is 1. The molecule has 0 saturated heterocycles. The average Bonchev–Trinajstić information content (AvgIpc) is 2.77. The van der Waals surface area contributed by atoms with Gasteiger partial charge in [0, 0.05) is 42.7 Å². The minimum atomic E-state index is -4.38. The number of hydrogen-bond acceptors (Lipinski definition) is 2. The van der Waals surface area contributed by atoms with Crippen LogP contribution >= 0.6 is 0 Å². The van der Waals surface area contributed by atoms with Gasteiger partial charge in [-0.3, -0.25) is 4.79 Å². The second kappa shape index (κ2) is 5.56. The Morgan fingerprint density at radius 3 is 2.74 bits per heavy atom. The molecule has 0 bridgehead atoms. The average molecular weight is 326 g/mol. The maximum absolute atomic E-state index is 13.0. The molecular formula is C16H17F3N2O2. The number of rotatable bonds is 3. The fourth-order valence-corrected chi connectivity index (χ4v) is 3.22. The van der Waals surface area contributed by atoms with Crippen molar-refractivity contribution < 1.29 is 23.1 Å². The second-order valence-corrected chi connectivity index (χ2v) is 5.94. The van der Waals surface area contributed by atoms with E-state index in [-0.39, 0.29) is 13.0 Å². The minimum absolute atomic E-state index is 0.0485. The fourth-order valence-electron chi connectivity index (χ4n) is 3.22. The highest BCUT2D eigenvalue weighted by atomic mass is 19.4. The van der Waals surface area contributed by atoms with Crippen LogP contribution in [0, 0.1) is 0 Å². The molecule has 2 aromatic rings. The van der Waals surface area contributed by atoms with Crippen LogP contribution in [0.3, 0.4) is 0 Å². The third-order valence-electron chi connectivity index (χ3n) is 4.32. The van der Waals surface area contributed by atoms with E-state index in [1.807, 2.05) is 11.6 Å². The van der Waals surface area contributed by atoms with E-state index in [2.05, 4.69) is 4.90 Å². The van der Waals surface area contributed by atoms with Gasteiger partial charge in [0.05, 0.1) is 12.0 Å². The van der Waals surface area contributed by atoms with E-state index in [9.17, 15) is 18.0 Å². The number of aryl methyl sites for hydroxylation is 1. The van der Waals surface area contributed by atoms with Crippen LogP contribution in [-0.4, -0.2) is 34.1 Å². The van der Waals surface area contributed by atoms with Crippen molar-refractivity contribution in [1.29, 1.82) is 0 Å². The lowest BCUT2D eigenvalue weighted by atomic mass is 10.0. The summed E-state index contributed by atoms with van der Waals surface area (Å²) < 4.78 is 40.8. The summed E-state index contributed by atoms with van der Waals surface area (Å²) in [5.74, 6) is -0.916. The molecule has 1 aromatic carbocycles. The van der Waals surface area contributed by atoms with E-state index in [0.717, 1.165) is 23.9 Å². The number of aromatic nitrogens is 1. The molecule has 7 heteroatoms. The van der Waals surface area contributed by atoms with Gasteiger partial charge < -0.3 is 14.6 Å². The molecule has 1 aliphatic heterocycles. The van der Waals surface area contributed by atoms with Gasteiger partial charge in [-0.25, -0.2) is 0 Å². The Morgan fingerprint density at radius 2 is 2.09 bits per heavy atom. The maximum Gasteiger partial charge on any atom is 0.416 e. The number of carbonyl (C=O) groups is 1. The molecule has 4 nitrogen and oxygen atoms in total. The van der Waals surface area contributed by atoms with Gasteiger partial charge in [-0.05, 0) is 30.8 Å². The molecule has 23 heavy (non-hydrogen) atoms. The second-order valence-electron chi connectivity index (χ2n) is 5.94. The highest BCUT2D eigenvalue weighted by Gasteiger charge is 2.32. The lowest BCUT2D eigenvalue weighted by Crippen LogP contribution is -2.27. The standard InChI is InChI=1S/C16H17F3N2O2/c1-20-6-4-14-12(9-20)11-8-10(16(17,18)19)2-3-13(11)21(14)7-5-15(22)23/h2-3,8H,4-7,9H2,1H3,(H,22,23). The van der Waals surface area contributed by atoms with Crippen LogP contribution in [0.5, 0.6) is 0 Å². The first-order valence-electron chi connectivity index (χ1n) is 7.39. The van der Waals surface area contributed by atoms with E-state index in [4.69, 9.17) is 5.11 Å². The molecule has 0 radical (unpaired) electrons. The number of benzene rings is 1. The quantitative estimate of drug-likeness (QED) is 0.942. The van der Waals surface area contributed by atoms with Crippen molar-refractivity contribution >= 4 is 16.9 Å². The van der Waals surface area contributed by atoms with Gasteiger partial charge in [-0.15, -0.1) is 0 Å². The summed E-state index contributed by atoms with van der Waals surface area (Å²) in [5, 5.41) is 9.49. The first kappa shape index (κ1) is 15.9. The zero-order chi connectivity index (χ0) is 16.8. The van der Waals surface area contributed by atoms with Crippen molar-refractivity contribution in [3.05, 3.63) is 35.0 Å². The zero-order valence-electron chi connectivity index (χ0n) is 12.7. The first-order valence-corrected chi connectivity index (χ1v) is 7.39. The van der Waals surface area contributed by atoms with Crippen molar-refractivity contribution in [2.24, 2.45) is 0 Å². The van der Waals surface area contributed by atoms with Gasteiger partial charge >= 0.3 is 12.1 Å². The van der Waals surface area contributed by atoms with E-state index in [1.54, 1.807) is 0 Å². The summed E-state index contributed by atoms with van der Waals surface area (Å²) in [7, 11) is 1.93. The summed E-state index contributed by atoms with van der Waals surface area (Å²) in [6, 6.07) is 3.71. The van der Waals surface area contributed by atoms with Crippen molar-refractivity contribution in [2.45, 2.75) is 32.1 Å². The Balaban J connectivity index is 2.17. The van der Waals surface area contributed by atoms with Crippen molar-refractivity contribution in [3.63, 3.8) is 0 Å². The normalized spacial score (nSPS) is 15.8. The van der Waals surface area contributed by atoms with Gasteiger partial charge in [0.15, 0.2) is 0 Å². The number of halogens is 3. The fraction of sp³-hybridized carbons (Fsp3) is 0.438. The number of alkyl halides is 3. The minimum Gasteiger partial charge on any atom is -0.481 e. The number of aliphatic carboxylic acids is 1. The monoisotopic (exact) mass is 326 g/mol. The predicted molar refractivity (Wildman–Crippen MR) is 79.2 cm³/mol. The molecule has 124 valence electrons. The number of likely N-dealkylation sites (N-methyl/N-ethyl adjacent to an activating group) is 1. The van der Waals surface area contributed by atoms with Gasteiger partial charge in [0.2, 0.25) is 0 Å². The molecule has 1 aromatic heterocycles. The summed E-state index contributed by atoms with van der Waals surface area (Å²) >= 11 is 0. The van der Waals surface area contributed by atoms with Gasteiger partial charge in [-0.1, -0.05) is 0 Å². The molecule has 1 aliphatic rings. The molecule has 0 saturated carbocycles. The van der Waals surface area contributed by atoms with E-state index < -0.39 is 17.7 Å². The number of hydrogen-bond donors (Lipinski definition) is 1. The third-order valence-corrected chi connectivity index (χ3v) is 4.32. The van der Waals surface area contributed by atoms with Crippen LogP contribution in [0.15, 0.2) is 18.2 Å². The van der Waals surface area contributed by atoms with Gasteiger partial charge in [0.25, 0.3) is 0 Å². The molecule has 2 heterocycles. The number of carboxylic acids is 1. The van der Waals surface area contributed by atoms with E-state index in [1.165, 1.54) is 12.1 Å². The lowest BCUT2D eigenvalue weighted by Gasteiger charge is -2.24. The Labute approximate surface area is 131 Å². The van der Waals surface area contributed by atoms with Crippen LogP contribution in [0.1, 0.15) is 23.2 Å². The zero-order valence-corrected chi connectivity index (χ0v) is 12.7. The summed E-state index contributed by atoms with van der Waals surface area (Å²) in [5.41, 5.74) is 1.85. The smallest absolute Gasteiger partial charge is 0.416 e. The van der Waals surface area contributed by atoms with Crippen LogP contribution in [0.2, 0.25) is 0 Å². The SMILES string of the molecule is CN1CCc2c(c3cc(C(F)(F)F)ccc3n2CCC(=O)O)C1. The molecular weight excluding hydrogens is 309 g/mol. The first-order chi connectivity index (χ1) is 10.8. The summed E-state index contributed by atoms with van der Waals surface area (Å²) in [6.45, 7) is 1.66. The Bertz CT molecular complexity index is 765. The Kier molecular flexibility index (Phi) is 3.83. The van der Waals surface area contributed by atoms with Crippen LogP contribution in [-0.2, 0) is 30.5 Å². The highest BCUT2D eigenvalue weighted by Crippen LogP contribution is 2.36. The summed E-state index contributed by atoms with van der Waals surface area (Å²) in [6.07, 6.45) is -3.72.